The number of nitrogens with one attached hydrogen (secondary N) is 2. The number of rotatable bonds is 4. The number of aryl methyl sites for hydroxylation is 1. The predicted molar refractivity (Wildman–Crippen MR) is 79.2 cm³/mol. The van der Waals surface area contributed by atoms with Crippen molar-refractivity contribution in [2.45, 2.75) is 38.0 Å². The van der Waals surface area contributed by atoms with Crippen molar-refractivity contribution in [3.05, 3.63) is 52.9 Å². The quantitative estimate of drug-likeness (QED) is 0.898. The maximum Gasteiger partial charge on any atom is 0.416 e. The van der Waals surface area contributed by atoms with Gasteiger partial charge in [0.25, 0.3) is 0 Å². The highest BCUT2D eigenvalue weighted by atomic mass is 19.4. The second-order valence-electron chi connectivity index (χ2n) is 5.80. The first-order valence-corrected chi connectivity index (χ1v) is 7.47. The molecule has 0 aliphatic heterocycles. The molecule has 1 heterocycles. The SMILES string of the molecule is Cc1cc(CNC(=O)N[C@@H]2C[C@@H]2c2ccccc2C(F)(F)F)on1. The molecule has 2 N–H and O–H groups in total. The molecule has 0 radical (unpaired) electrons. The smallest absolute Gasteiger partial charge is 0.359 e. The van der Waals surface area contributed by atoms with Crippen molar-refractivity contribution in [2.24, 2.45) is 0 Å². The molecule has 2 atom stereocenters. The van der Waals surface area contributed by atoms with Gasteiger partial charge in [-0.1, -0.05) is 23.4 Å². The molecule has 8 heteroatoms. The minimum Gasteiger partial charge on any atom is -0.359 e. The molecule has 0 saturated heterocycles. The summed E-state index contributed by atoms with van der Waals surface area (Å²) < 4.78 is 44.0. The maximum absolute atomic E-state index is 13.0. The molecular weight excluding hydrogens is 323 g/mol. The number of halogens is 3. The molecule has 1 fully saturated rings. The standard InChI is InChI=1S/C16H16F3N3O2/c1-9-6-10(24-22-9)8-20-15(23)21-14-7-12(14)11-4-2-3-5-13(11)16(17,18)19/h2-6,12,14H,7-8H2,1H3,(H2,20,21,23)/t12-,14-/m1/s1. The van der Waals surface area contributed by atoms with Crippen molar-refractivity contribution in [2.75, 3.05) is 0 Å². The van der Waals surface area contributed by atoms with Gasteiger partial charge in [0.2, 0.25) is 0 Å². The summed E-state index contributed by atoms with van der Waals surface area (Å²) in [7, 11) is 0. The lowest BCUT2D eigenvalue weighted by Gasteiger charge is -2.12. The summed E-state index contributed by atoms with van der Waals surface area (Å²) in [6.07, 6.45) is -3.90. The molecule has 0 bridgehead atoms. The lowest BCUT2D eigenvalue weighted by molar-refractivity contribution is -0.138. The van der Waals surface area contributed by atoms with Crippen molar-refractivity contribution in [1.82, 2.24) is 15.8 Å². The highest BCUT2D eigenvalue weighted by molar-refractivity contribution is 5.74. The summed E-state index contributed by atoms with van der Waals surface area (Å²) in [6, 6.07) is 6.42. The summed E-state index contributed by atoms with van der Waals surface area (Å²) in [4.78, 5) is 11.8. The van der Waals surface area contributed by atoms with Gasteiger partial charge in [-0.15, -0.1) is 0 Å². The average Bonchev–Trinajstić information content (AvgIpc) is 3.15. The predicted octanol–water partition coefficient (Wildman–Crippen LogP) is 3.36. The van der Waals surface area contributed by atoms with E-state index in [1.54, 1.807) is 19.1 Å². The molecule has 3 rings (SSSR count). The van der Waals surface area contributed by atoms with Crippen LogP contribution in [0.2, 0.25) is 0 Å². The normalized spacial score (nSPS) is 19.8. The van der Waals surface area contributed by atoms with Crippen LogP contribution >= 0.6 is 0 Å². The van der Waals surface area contributed by atoms with Crippen LogP contribution < -0.4 is 10.6 Å². The van der Waals surface area contributed by atoms with Crippen molar-refractivity contribution < 1.29 is 22.5 Å². The Morgan fingerprint density at radius 3 is 2.79 bits per heavy atom. The van der Waals surface area contributed by atoms with Crippen LogP contribution in [-0.4, -0.2) is 17.2 Å². The molecule has 1 saturated carbocycles. The molecular formula is C16H16F3N3O2. The highest BCUT2D eigenvalue weighted by Gasteiger charge is 2.44. The van der Waals surface area contributed by atoms with Gasteiger partial charge in [0.15, 0.2) is 5.76 Å². The number of nitrogens with zero attached hydrogens (tertiary/aromatic N) is 1. The Bertz CT molecular complexity index is 742. The zero-order chi connectivity index (χ0) is 17.3. The van der Waals surface area contributed by atoms with Gasteiger partial charge in [0.05, 0.1) is 17.8 Å². The Morgan fingerprint density at radius 2 is 2.12 bits per heavy atom. The van der Waals surface area contributed by atoms with E-state index in [1.807, 2.05) is 0 Å². The lowest BCUT2D eigenvalue weighted by atomic mass is 10.0. The van der Waals surface area contributed by atoms with Crippen molar-refractivity contribution >= 4 is 6.03 Å². The van der Waals surface area contributed by atoms with Crippen LogP contribution in [0.15, 0.2) is 34.9 Å². The summed E-state index contributed by atoms with van der Waals surface area (Å²) in [5.74, 6) is 0.193. The average molecular weight is 339 g/mol. The van der Waals surface area contributed by atoms with E-state index in [2.05, 4.69) is 15.8 Å². The minimum absolute atomic E-state index is 0.170. The summed E-state index contributed by atoms with van der Waals surface area (Å²) in [5, 5.41) is 8.97. The van der Waals surface area contributed by atoms with E-state index in [0.717, 1.165) is 6.07 Å². The number of alkyl halides is 3. The van der Waals surface area contributed by atoms with E-state index in [0.29, 0.717) is 17.9 Å². The first kappa shape index (κ1) is 16.4. The summed E-state index contributed by atoms with van der Waals surface area (Å²) in [5.41, 5.74) is 0.288. The second kappa shape index (κ2) is 6.18. The van der Waals surface area contributed by atoms with E-state index in [9.17, 15) is 18.0 Å². The van der Waals surface area contributed by atoms with Gasteiger partial charge in [0.1, 0.15) is 0 Å². The number of amides is 2. The Labute approximate surface area is 136 Å². The highest BCUT2D eigenvalue weighted by Crippen LogP contribution is 2.46. The van der Waals surface area contributed by atoms with Gasteiger partial charge >= 0.3 is 12.2 Å². The minimum atomic E-state index is -4.39. The third-order valence-electron chi connectivity index (χ3n) is 3.87. The Kier molecular flexibility index (Phi) is 4.21. The van der Waals surface area contributed by atoms with Gasteiger partial charge in [-0.3, -0.25) is 0 Å². The number of benzene rings is 1. The molecule has 1 aliphatic rings. The first-order chi connectivity index (χ1) is 11.3. The number of carbonyl (C=O) groups is 1. The van der Waals surface area contributed by atoms with Crippen LogP contribution in [0.5, 0.6) is 0 Å². The van der Waals surface area contributed by atoms with E-state index in [1.165, 1.54) is 12.1 Å². The molecule has 5 nitrogen and oxygen atoms in total. The van der Waals surface area contributed by atoms with Gasteiger partial charge in [-0.05, 0) is 25.0 Å². The fraction of sp³-hybridized carbons (Fsp3) is 0.375. The zero-order valence-electron chi connectivity index (χ0n) is 12.9. The molecule has 24 heavy (non-hydrogen) atoms. The third kappa shape index (κ3) is 3.69. The number of aromatic nitrogens is 1. The number of hydrogen-bond donors (Lipinski definition) is 2. The Morgan fingerprint density at radius 1 is 1.38 bits per heavy atom. The molecule has 2 aromatic rings. The van der Waals surface area contributed by atoms with Crippen LogP contribution in [0, 0.1) is 6.92 Å². The van der Waals surface area contributed by atoms with Gasteiger partial charge in [0, 0.05) is 18.0 Å². The fourth-order valence-corrected chi connectivity index (χ4v) is 2.66. The van der Waals surface area contributed by atoms with Crippen LogP contribution in [0.25, 0.3) is 0 Å². The van der Waals surface area contributed by atoms with Crippen LogP contribution in [0.3, 0.4) is 0 Å². The van der Waals surface area contributed by atoms with Crippen molar-refractivity contribution in [3.8, 4) is 0 Å². The van der Waals surface area contributed by atoms with Crippen LogP contribution in [0.4, 0.5) is 18.0 Å². The molecule has 0 spiro atoms. The molecule has 0 unspecified atom stereocenters. The maximum atomic E-state index is 13.0. The van der Waals surface area contributed by atoms with Gasteiger partial charge in [-0.2, -0.15) is 13.2 Å². The van der Waals surface area contributed by atoms with Gasteiger partial charge in [-0.25, -0.2) is 4.79 Å². The number of carbonyl (C=O) groups excluding carboxylic acids is 1. The topological polar surface area (TPSA) is 67.2 Å². The van der Waals surface area contributed by atoms with E-state index in [-0.39, 0.29) is 24.1 Å². The number of urea groups is 1. The molecule has 2 amide bonds. The molecule has 128 valence electrons. The zero-order valence-corrected chi connectivity index (χ0v) is 12.9. The Hall–Kier alpha value is -2.51. The third-order valence-corrected chi connectivity index (χ3v) is 3.87. The van der Waals surface area contributed by atoms with Crippen LogP contribution in [0.1, 0.15) is 34.9 Å². The Balaban J connectivity index is 1.55. The largest absolute Gasteiger partial charge is 0.416 e. The van der Waals surface area contributed by atoms with Crippen molar-refractivity contribution in [1.29, 1.82) is 0 Å². The molecule has 1 aromatic heterocycles. The van der Waals surface area contributed by atoms with E-state index in [4.69, 9.17) is 4.52 Å². The van der Waals surface area contributed by atoms with Gasteiger partial charge < -0.3 is 15.2 Å². The monoisotopic (exact) mass is 339 g/mol. The van der Waals surface area contributed by atoms with E-state index < -0.39 is 17.8 Å². The van der Waals surface area contributed by atoms with E-state index >= 15 is 0 Å². The molecule has 1 aliphatic carbocycles. The second-order valence-corrected chi connectivity index (χ2v) is 5.80. The summed E-state index contributed by atoms with van der Waals surface area (Å²) in [6.45, 7) is 1.93. The fourth-order valence-electron chi connectivity index (χ4n) is 2.66. The lowest BCUT2D eigenvalue weighted by Crippen LogP contribution is -2.36. The van der Waals surface area contributed by atoms with Crippen LogP contribution in [-0.2, 0) is 12.7 Å². The van der Waals surface area contributed by atoms with Crippen molar-refractivity contribution in [3.63, 3.8) is 0 Å². The first-order valence-electron chi connectivity index (χ1n) is 7.47. The summed E-state index contributed by atoms with van der Waals surface area (Å²) >= 11 is 0. The molecule has 1 aromatic carbocycles. The number of hydrogen-bond acceptors (Lipinski definition) is 3.